The second-order valence-corrected chi connectivity index (χ2v) is 9.08. The Kier molecular flexibility index (Phi) is 5.02. The summed E-state index contributed by atoms with van der Waals surface area (Å²) in [6.07, 6.45) is 4.96. The van der Waals surface area contributed by atoms with Gasteiger partial charge in [-0.15, -0.1) is 11.3 Å². The third kappa shape index (κ3) is 3.61. The molecular formula is C23H23N3O4S. The quantitative estimate of drug-likeness (QED) is 0.638. The van der Waals surface area contributed by atoms with Crippen LogP contribution in [0.5, 0.6) is 5.75 Å². The number of carbonyl (C=O) groups is 2. The fraction of sp³-hybridized carbons (Fsp3) is 0.348. The summed E-state index contributed by atoms with van der Waals surface area (Å²) in [6.45, 7) is 2.03. The average molecular weight is 438 g/mol. The molecule has 2 aromatic heterocycles. The van der Waals surface area contributed by atoms with E-state index >= 15 is 0 Å². The van der Waals surface area contributed by atoms with E-state index in [1.807, 2.05) is 25.1 Å². The van der Waals surface area contributed by atoms with E-state index in [0.29, 0.717) is 16.3 Å². The van der Waals surface area contributed by atoms with Gasteiger partial charge in [0.15, 0.2) is 11.5 Å². The highest BCUT2D eigenvalue weighted by molar-refractivity contribution is 7.17. The Morgan fingerprint density at radius 2 is 2.00 bits per heavy atom. The van der Waals surface area contributed by atoms with Gasteiger partial charge in [-0.3, -0.25) is 9.59 Å². The summed E-state index contributed by atoms with van der Waals surface area (Å²) in [6, 6.07) is 7.46. The van der Waals surface area contributed by atoms with Gasteiger partial charge < -0.3 is 19.9 Å². The molecule has 3 heterocycles. The smallest absolute Gasteiger partial charge is 0.278 e. The zero-order valence-electron chi connectivity index (χ0n) is 17.4. The molecule has 2 N–H and O–H groups in total. The van der Waals surface area contributed by atoms with Gasteiger partial charge in [0.2, 0.25) is 0 Å². The highest BCUT2D eigenvalue weighted by Crippen LogP contribution is 2.38. The van der Waals surface area contributed by atoms with Crippen molar-refractivity contribution in [1.82, 2.24) is 10.5 Å². The van der Waals surface area contributed by atoms with Gasteiger partial charge in [-0.2, -0.15) is 0 Å². The van der Waals surface area contributed by atoms with E-state index in [1.54, 1.807) is 13.1 Å². The SMILES string of the molecule is CNC(=O)c1c(NC(=O)c2cc(-c3ccc4c(c3)C[C@H](C)O4)on2)sc2c1CCCC2. The van der Waals surface area contributed by atoms with Crippen LogP contribution in [0.2, 0.25) is 0 Å². The lowest BCUT2D eigenvalue weighted by molar-refractivity contribution is 0.0963. The van der Waals surface area contributed by atoms with Crippen molar-refractivity contribution in [3.8, 4) is 17.1 Å². The predicted octanol–water partition coefficient (Wildman–Crippen LogP) is 4.22. The number of fused-ring (bicyclic) bond motifs is 2. The van der Waals surface area contributed by atoms with E-state index in [1.165, 1.54) is 16.2 Å². The van der Waals surface area contributed by atoms with E-state index in [4.69, 9.17) is 9.26 Å². The maximum atomic E-state index is 12.9. The van der Waals surface area contributed by atoms with Gasteiger partial charge in [-0.1, -0.05) is 5.16 Å². The number of ether oxygens (including phenoxy) is 1. The van der Waals surface area contributed by atoms with Crippen molar-refractivity contribution in [2.45, 2.75) is 45.1 Å². The minimum Gasteiger partial charge on any atom is -0.490 e. The van der Waals surface area contributed by atoms with E-state index in [9.17, 15) is 9.59 Å². The summed E-state index contributed by atoms with van der Waals surface area (Å²) in [7, 11) is 1.60. The van der Waals surface area contributed by atoms with Crippen molar-refractivity contribution in [1.29, 1.82) is 0 Å². The number of rotatable bonds is 4. The van der Waals surface area contributed by atoms with E-state index in [2.05, 4.69) is 15.8 Å². The number of hydrogen-bond donors (Lipinski definition) is 2. The minimum absolute atomic E-state index is 0.160. The molecule has 8 heteroatoms. The number of aromatic nitrogens is 1. The van der Waals surface area contributed by atoms with Gasteiger partial charge in [0.25, 0.3) is 11.8 Å². The average Bonchev–Trinajstić information content (AvgIpc) is 3.48. The zero-order valence-corrected chi connectivity index (χ0v) is 18.2. The predicted molar refractivity (Wildman–Crippen MR) is 118 cm³/mol. The van der Waals surface area contributed by atoms with Gasteiger partial charge in [0.05, 0.1) is 5.56 Å². The van der Waals surface area contributed by atoms with Gasteiger partial charge >= 0.3 is 0 Å². The number of anilines is 1. The molecule has 0 bridgehead atoms. The van der Waals surface area contributed by atoms with Gasteiger partial charge in [0, 0.05) is 30.0 Å². The zero-order chi connectivity index (χ0) is 21.5. The number of amides is 2. The van der Waals surface area contributed by atoms with Gasteiger partial charge in [-0.05, 0) is 61.9 Å². The first kappa shape index (κ1) is 19.8. The largest absolute Gasteiger partial charge is 0.490 e. The highest BCUT2D eigenvalue weighted by atomic mass is 32.1. The number of carbonyl (C=O) groups excluding carboxylic acids is 2. The van der Waals surface area contributed by atoms with Crippen LogP contribution in [0.25, 0.3) is 11.3 Å². The first-order valence-electron chi connectivity index (χ1n) is 10.5. The van der Waals surface area contributed by atoms with Crippen LogP contribution >= 0.6 is 11.3 Å². The summed E-state index contributed by atoms with van der Waals surface area (Å²) in [5, 5.41) is 10.1. The Bertz CT molecular complexity index is 1180. The lowest BCUT2D eigenvalue weighted by Gasteiger charge is -2.12. The summed E-state index contributed by atoms with van der Waals surface area (Å²) >= 11 is 1.48. The Morgan fingerprint density at radius 1 is 1.16 bits per heavy atom. The molecule has 0 unspecified atom stereocenters. The molecule has 2 amide bonds. The summed E-state index contributed by atoms with van der Waals surface area (Å²) in [4.78, 5) is 26.6. The molecule has 2 aliphatic rings. The third-order valence-electron chi connectivity index (χ3n) is 5.78. The normalized spacial score (nSPS) is 16.9. The fourth-order valence-corrected chi connectivity index (χ4v) is 5.56. The number of thiophene rings is 1. The number of hydrogen-bond acceptors (Lipinski definition) is 6. The first-order valence-corrected chi connectivity index (χ1v) is 11.3. The van der Waals surface area contributed by atoms with Crippen molar-refractivity contribution in [3.63, 3.8) is 0 Å². The van der Waals surface area contributed by atoms with Gasteiger partial charge in [0.1, 0.15) is 16.9 Å². The molecule has 0 saturated heterocycles. The molecule has 7 nitrogen and oxygen atoms in total. The van der Waals surface area contributed by atoms with E-state index in [0.717, 1.165) is 54.5 Å². The van der Waals surface area contributed by atoms with Crippen LogP contribution < -0.4 is 15.4 Å². The van der Waals surface area contributed by atoms with Gasteiger partial charge in [-0.25, -0.2) is 0 Å². The molecule has 160 valence electrons. The first-order chi connectivity index (χ1) is 15.0. The Morgan fingerprint density at radius 3 is 2.84 bits per heavy atom. The maximum absolute atomic E-state index is 12.9. The molecule has 0 radical (unpaired) electrons. The maximum Gasteiger partial charge on any atom is 0.278 e. The van der Waals surface area contributed by atoms with Crippen LogP contribution in [0, 0.1) is 0 Å². The monoisotopic (exact) mass is 437 g/mol. The van der Waals surface area contributed by atoms with Crippen molar-refractivity contribution >= 4 is 28.2 Å². The van der Waals surface area contributed by atoms with E-state index in [-0.39, 0.29) is 17.7 Å². The minimum atomic E-state index is -0.392. The number of aryl methyl sites for hydroxylation is 1. The molecule has 31 heavy (non-hydrogen) atoms. The van der Waals surface area contributed by atoms with Crippen LogP contribution in [-0.4, -0.2) is 30.1 Å². The Labute approximate surface area is 183 Å². The molecule has 0 saturated carbocycles. The van der Waals surface area contributed by atoms with Crippen molar-refractivity contribution in [2.75, 3.05) is 12.4 Å². The van der Waals surface area contributed by atoms with E-state index < -0.39 is 5.91 Å². The Hall–Kier alpha value is -3.13. The molecule has 1 aliphatic heterocycles. The van der Waals surface area contributed by atoms with Crippen molar-refractivity contribution in [3.05, 3.63) is 51.5 Å². The molecule has 1 aromatic carbocycles. The molecular weight excluding hydrogens is 414 g/mol. The lowest BCUT2D eigenvalue weighted by atomic mass is 9.95. The summed E-state index contributed by atoms with van der Waals surface area (Å²) in [5.74, 6) is 0.837. The number of nitrogens with zero attached hydrogens (tertiary/aromatic N) is 1. The second kappa shape index (κ2) is 7.85. The molecule has 3 aromatic rings. The molecule has 1 atom stereocenters. The Balaban J connectivity index is 1.39. The summed E-state index contributed by atoms with van der Waals surface area (Å²) in [5.41, 5.74) is 3.77. The van der Waals surface area contributed by atoms with Crippen LogP contribution in [-0.2, 0) is 19.3 Å². The van der Waals surface area contributed by atoms with Crippen molar-refractivity contribution in [2.24, 2.45) is 0 Å². The number of nitrogens with one attached hydrogen (secondary N) is 2. The molecule has 1 aliphatic carbocycles. The number of benzene rings is 1. The molecule has 5 rings (SSSR count). The van der Waals surface area contributed by atoms with Crippen LogP contribution in [0.4, 0.5) is 5.00 Å². The highest BCUT2D eigenvalue weighted by Gasteiger charge is 2.27. The fourth-order valence-electron chi connectivity index (χ4n) is 4.28. The van der Waals surface area contributed by atoms with Crippen molar-refractivity contribution < 1.29 is 18.8 Å². The standard InChI is InChI=1S/C23H23N3O4S/c1-12-9-14-10-13(7-8-17(14)29-12)18-11-16(26-30-18)21(27)25-23-20(22(28)24-2)15-5-3-4-6-19(15)31-23/h7-8,10-12H,3-6,9H2,1-2H3,(H,24,28)(H,25,27)/t12-/m0/s1. The van der Waals surface area contributed by atoms with Crippen LogP contribution in [0.15, 0.2) is 28.8 Å². The summed E-state index contributed by atoms with van der Waals surface area (Å²) < 4.78 is 11.2. The van der Waals surface area contributed by atoms with Crippen LogP contribution in [0.3, 0.4) is 0 Å². The third-order valence-corrected chi connectivity index (χ3v) is 6.98. The lowest BCUT2D eigenvalue weighted by Crippen LogP contribution is -2.22. The topological polar surface area (TPSA) is 93.5 Å². The van der Waals surface area contributed by atoms with Crippen LogP contribution in [0.1, 0.15) is 56.6 Å². The second-order valence-electron chi connectivity index (χ2n) is 7.98. The molecule has 0 spiro atoms. The molecule has 0 fully saturated rings.